The maximum absolute atomic E-state index is 11.8. The summed E-state index contributed by atoms with van der Waals surface area (Å²) in [5.74, 6) is 1.09. The molecule has 0 aliphatic carbocycles. The average molecular weight is 228 g/mol. The van der Waals surface area contributed by atoms with Crippen LogP contribution in [-0.2, 0) is 4.79 Å². The Kier molecular flexibility index (Phi) is 8.26. The van der Waals surface area contributed by atoms with Crippen LogP contribution in [0.4, 0.5) is 0 Å². The van der Waals surface area contributed by atoms with Crippen LogP contribution in [0.15, 0.2) is 0 Å². The first-order valence-electron chi connectivity index (χ1n) is 6.52. The first kappa shape index (κ1) is 15.4. The first-order valence-corrected chi connectivity index (χ1v) is 6.52. The van der Waals surface area contributed by atoms with Gasteiger partial charge in [0.2, 0.25) is 5.91 Å². The number of amides is 1. The van der Waals surface area contributed by atoms with Crippen LogP contribution in [-0.4, -0.2) is 18.5 Å². The van der Waals surface area contributed by atoms with Gasteiger partial charge in [0.15, 0.2) is 0 Å². The van der Waals surface area contributed by atoms with Crippen molar-refractivity contribution in [1.29, 1.82) is 0 Å². The highest BCUT2D eigenvalue weighted by Gasteiger charge is 2.15. The zero-order valence-electron chi connectivity index (χ0n) is 11.3. The lowest BCUT2D eigenvalue weighted by Crippen LogP contribution is -2.36. The van der Waals surface area contributed by atoms with E-state index >= 15 is 0 Å². The molecule has 3 nitrogen and oxygen atoms in total. The molecule has 0 spiro atoms. The highest BCUT2D eigenvalue weighted by Crippen LogP contribution is 2.14. The highest BCUT2D eigenvalue weighted by atomic mass is 16.1. The molecule has 1 amide bonds. The van der Waals surface area contributed by atoms with Gasteiger partial charge >= 0.3 is 0 Å². The van der Waals surface area contributed by atoms with Gasteiger partial charge in [-0.3, -0.25) is 4.79 Å². The standard InChI is InChI=1S/C13H28N2O/c1-5-12(6-2)15-13(16)8-11(9-14)7-10(3)4/h10-12H,5-9,14H2,1-4H3,(H,15,16). The fourth-order valence-electron chi connectivity index (χ4n) is 1.97. The number of hydrogen-bond acceptors (Lipinski definition) is 2. The summed E-state index contributed by atoms with van der Waals surface area (Å²) >= 11 is 0. The zero-order chi connectivity index (χ0) is 12.6. The molecule has 16 heavy (non-hydrogen) atoms. The van der Waals surface area contributed by atoms with Gasteiger partial charge in [0.05, 0.1) is 0 Å². The van der Waals surface area contributed by atoms with Crippen LogP contribution in [0, 0.1) is 11.8 Å². The molecule has 0 rings (SSSR count). The van der Waals surface area contributed by atoms with E-state index in [1.165, 1.54) is 0 Å². The smallest absolute Gasteiger partial charge is 0.220 e. The number of carbonyl (C=O) groups excluding carboxylic acids is 1. The minimum atomic E-state index is 0.157. The normalized spacial score (nSPS) is 13.2. The third-order valence-electron chi connectivity index (χ3n) is 2.96. The Morgan fingerprint density at radius 1 is 1.25 bits per heavy atom. The minimum Gasteiger partial charge on any atom is -0.353 e. The second-order valence-electron chi connectivity index (χ2n) is 5.02. The lowest BCUT2D eigenvalue weighted by Gasteiger charge is -2.19. The lowest BCUT2D eigenvalue weighted by molar-refractivity contribution is -0.122. The summed E-state index contributed by atoms with van der Waals surface area (Å²) in [6.45, 7) is 9.14. The van der Waals surface area contributed by atoms with Crippen molar-refractivity contribution in [3.63, 3.8) is 0 Å². The third kappa shape index (κ3) is 6.83. The third-order valence-corrected chi connectivity index (χ3v) is 2.96. The van der Waals surface area contributed by atoms with Gasteiger partial charge in [-0.05, 0) is 37.6 Å². The van der Waals surface area contributed by atoms with Gasteiger partial charge < -0.3 is 11.1 Å². The molecule has 0 aliphatic rings. The predicted octanol–water partition coefficient (Wildman–Crippen LogP) is 2.30. The van der Waals surface area contributed by atoms with E-state index in [0.717, 1.165) is 19.3 Å². The summed E-state index contributed by atoms with van der Waals surface area (Å²) in [5, 5.41) is 3.06. The van der Waals surface area contributed by atoms with Gasteiger partial charge in [-0.2, -0.15) is 0 Å². The van der Waals surface area contributed by atoms with E-state index < -0.39 is 0 Å². The summed E-state index contributed by atoms with van der Waals surface area (Å²) < 4.78 is 0. The van der Waals surface area contributed by atoms with Crippen molar-refractivity contribution in [3.05, 3.63) is 0 Å². The van der Waals surface area contributed by atoms with E-state index in [0.29, 0.717) is 30.8 Å². The van der Waals surface area contributed by atoms with Crippen molar-refractivity contribution in [2.45, 2.75) is 59.4 Å². The quantitative estimate of drug-likeness (QED) is 0.670. The molecule has 0 aromatic heterocycles. The van der Waals surface area contributed by atoms with Crippen LogP contribution in [0.1, 0.15) is 53.4 Å². The monoisotopic (exact) mass is 228 g/mol. The number of rotatable bonds is 8. The first-order chi connectivity index (χ1) is 7.53. The summed E-state index contributed by atoms with van der Waals surface area (Å²) in [5.41, 5.74) is 5.69. The van der Waals surface area contributed by atoms with E-state index in [2.05, 4.69) is 33.0 Å². The minimum absolute atomic E-state index is 0.157. The van der Waals surface area contributed by atoms with Crippen LogP contribution >= 0.6 is 0 Å². The topological polar surface area (TPSA) is 55.1 Å². The molecule has 0 aliphatic heterocycles. The second kappa shape index (κ2) is 8.57. The average Bonchev–Trinajstić information content (AvgIpc) is 2.24. The largest absolute Gasteiger partial charge is 0.353 e. The molecular weight excluding hydrogens is 200 g/mol. The molecule has 0 saturated carbocycles. The predicted molar refractivity (Wildman–Crippen MR) is 69.1 cm³/mol. The Morgan fingerprint density at radius 2 is 1.81 bits per heavy atom. The van der Waals surface area contributed by atoms with Crippen LogP contribution < -0.4 is 11.1 Å². The van der Waals surface area contributed by atoms with Crippen molar-refractivity contribution in [2.24, 2.45) is 17.6 Å². The maximum atomic E-state index is 11.8. The van der Waals surface area contributed by atoms with Gasteiger partial charge in [0.25, 0.3) is 0 Å². The van der Waals surface area contributed by atoms with Crippen LogP contribution in [0.5, 0.6) is 0 Å². The van der Waals surface area contributed by atoms with Crippen molar-refractivity contribution in [3.8, 4) is 0 Å². The van der Waals surface area contributed by atoms with Gasteiger partial charge in [0, 0.05) is 12.5 Å². The van der Waals surface area contributed by atoms with Crippen LogP contribution in [0.25, 0.3) is 0 Å². The Bertz CT molecular complexity index is 188. The molecule has 0 radical (unpaired) electrons. The van der Waals surface area contributed by atoms with E-state index in [1.807, 2.05) is 0 Å². The number of nitrogens with one attached hydrogen (secondary N) is 1. The molecule has 96 valence electrons. The molecule has 1 unspecified atom stereocenters. The number of hydrogen-bond donors (Lipinski definition) is 2. The molecular formula is C13H28N2O. The molecule has 1 atom stereocenters. The molecule has 3 heteroatoms. The van der Waals surface area contributed by atoms with Crippen molar-refractivity contribution < 1.29 is 4.79 Å². The number of carbonyl (C=O) groups is 1. The van der Waals surface area contributed by atoms with Crippen LogP contribution in [0.3, 0.4) is 0 Å². The van der Waals surface area contributed by atoms with Gasteiger partial charge in [-0.25, -0.2) is 0 Å². The van der Waals surface area contributed by atoms with Crippen LogP contribution in [0.2, 0.25) is 0 Å². The molecule has 0 aromatic carbocycles. The van der Waals surface area contributed by atoms with E-state index in [4.69, 9.17) is 5.73 Å². The molecule has 0 aromatic rings. The van der Waals surface area contributed by atoms with E-state index in [9.17, 15) is 4.79 Å². The summed E-state index contributed by atoms with van der Waals surface area (Å²) in [4.78, 5) is 11.8. The van der Waals surface area contributed by atoms with Crippen molar-refractivity contribution >= 4 is 5.91 Å². The lowest BCUT2D eigenvalue weighted by atomic mass is 9.94. The van der Waals surface area contributed by atoms with Gasteiger partial charge in [0.1, 0.15) is 0 Å². The Balaban J connectivity index is 3.99. The Hall–Kier alpha value is -0.570. The molecule has 0 bridgehead atoms. The Labute approximate surface area is 100 Å². The van der Waals surface area contributed by atoms with E-state index in [1.54, 1.807) is 0 Å². The van der Waals surface area contributed by atoms with Gasteiger partial charge in [-0.1, -0.05) is 27.7 Å². The maximum Gasteiger partial charge on any atom is 0.220 e. The fourth-order valence-corrected chi connectivity index (χ4v) is 1.97. The molecule has 0 saturated heterocycles. The summed E-state index contributed by atoms with van der Waals surface area (Å²) in [6.07, 6.45) is 3.61. The second-order valence-corrected chi connectivity index (χ2v) is 5.02. The molecule has 0 heterocycles. The van der Waals surface area contributed by atoms with E-state index in [-0.39, 0.29) is 5.91 Å². The summed E-state index contributed by atoms with van der Waals surface area (Å²) in [6, 6.07) is 0.324. The number of nitrogens with two attached hydrogens (primary N) is 1. The molecule has 3 N–H and O–H groups in total. The Morgan fingerprint density at radius 3 is 2.19 bits per heavy atom. The summed E-state index contributed by atoms with van der Waals surface area (Å²) in [7, 11) is 0. The highest BCUT2D eigenvalue weighted by molar-refractivity contribution is 5.76. The zero-order valence-corrected chi connectivity index (χ0v) is 11.3. The van der Waals surface area contributed by atoms with Crippen molar-refractivity contribution in [2.75, 3.05) is 6.54 Å². The molecule has 0 fully saturated rings. The SMILES string of the molecule is CCC(CC)NC(=O)CC(CN)CC(C)C. The van der Waals surface area contributed by atoms with Gasteiger partial charge in [-0.15, -0.1) is 0 Å². The van der Waals surface area contributed by atoms with Crippen molar-refractivity contribution in [1.82, 2.24) is 5.32 Å². The fraction of sp³-hybridized carbons (Fsp3) is 0.923.